The molecule has 0 saturated carbocycles. The molecule has 3 aromatic rings. The van der Waals surface area contributed by atoms with Gasteiger partial charge in [-0.1, -0.05) is 11.6 Å². The van der Waals surface area contributed by atoms with Gasteiger partial charge in [0.15, 0.2) is 0 Å². The summed E-state index contributed by atoms with van der Waals surface area (Å²) >= 11 is 6.36. The van der Waals surface area contributed by atoms with Crippen molar-refractivity contribution < 1.29 is 31.9 Å². The Balaban J connectivity index is 1.23. The van der Waals surface area contributed by atoms with Gasteiger partial charge >= 0.3 is 6.18 Å². The van der Waals surface area contributed by atoms with E-state index in [-0.39, 0.29) is 53.8 Å². The molecule has 2 saturated heterocycles. The molecule has 5 heterocycles. The second kappa shape index (κ2) is 8.90. The number of anilines is 1. The second-order valence-corrected chi connectivity index (χ2v) is 10.4. The molecule has 1 N–H and O–H groups in total. The van der Waals surface area contributed by atoms with Crippen LogP contribution in [0.3, 0.4) is 0 Å². The second-order valence-electron chi connectivity index (χ2n) is 10.1. The molecule has 39 heavy (non-hydrogen) atoms. The minimum Gasteiger partial charge on any atom is -0.340 e. The molecule has 6 rings (SSSR count). The lowest BCUT2D eigenvalue weighted by Gasteiger charge is -2.41. The summed E-state index contributed by atoms with van der Waals surface area (Å²) in [5, 5.41) is 6.41. The standard InChI is InChI=1S/C25H21ClF4N6O3/c26-21-14(27)1-4-18-20(21)24(23(39)36(18)12-19(37)35-10-13(11-35)25(28,29)30)5-7-34(8-6-24)22(38)16-3-2-15-17(32-16)9-31-33-15/h1-4,9,13H,5-8,10-12H2,(H,31,33). The monoisotopic (exact) mass is 564 g/mol. The van der Waals surface area contributed by atoms with Gasteiger partial charge in [-0.15, -0.1) is 0 Å². The zero-order valence-corrected chi connectivity index (χ0v) is 21.0. The molecule has 0 radical (unpaired) electrons. The van der Waals surface area contributed by atoms with Crippen molar-refractivity contribution in [2.24, 2.45) is 5.92 Å². The average Bonchev–Trinajstić information content (AvgIpc) is 3.42. The summed E-state index contributed by atoms with van der Waals surface area (Å²) < 4.78 is 53.2. The number of aromatic amines is 1. The van der Waals surface area contributed by atoms with E-state index in [4.69, 9.17) is 11.6 Å². The Bertz CT molecular complexity index is 1510. The fourth-order valence-electron chi connectivity index (χ4n) is 5.64. The molecule has 0 unspecified atom stereocenters. The first kappa shape index (κ1) is 25.5. The van der Waals surface area contributed by atoms with E-state index in [1.165, 1.54) is 17.2 Å². The maximum atomic E-state index is 14.6. The Morgan fingerprint density at radius 3 is 2.51 bits per heavy atom. The van der Waals surface area contributed by atoms with Crippen molar-refractivity contribution in [3.8, 4) is 0 Å². The number of carbonyl (C=O) groups is 3. The van der Waals surface area contributed by atoms with Gasteiger partial charge in [0.1, 0.15) is 23.6 Å². The van der Waals surface area contributed by atoms with Gasteiger partial charge in [-0.2, -0.15) is 18.3 Å². The van der Waals surface area contributed by atoms with Gasteiger partial charge in [0.2, 0.25) is 11.8 Å². The van der Waals surface area contributed by atoms with Crippen molar-refractivity contribution in [1.82, 2.24) is 25.0 Å². The van der Waals surface area contributed by atoms with E-state index in [1.54, 1.807) is 17.0 Å². The van der Waals surface area contributed by atoms with Gasteiger partial charge in [-0.05, 0) is 37.1 Å². The number of rotatable bonds is 3. The Hall–Kier alpha value is -3.74. The van der Waals surface area contributed by atoms with E-state index in [1.807, 2.05) is 0 Å². The van der Waals surface area contributed by atoms with Gasteiger partial charge in [-0.3, -0.25) is 19.5 Å². The predicted octanol–water partition coefficient (Wildman–Crippen LogP) is 3.29. The van der Waals surface area contributed by atoms with E-state index < -0.39 is 54.8 Å². The highest BCUT2D eigenvalue weighted by Gasteiger charge is 2.55. The number of hydrogen-bond donors (Lipinski definition) is 1. The van der Waals surface area contributed by atoms with Crippen LogP contribution in [-0.4, -0.2) is 81.6 Å². The summed E-state index contributed by atoms with van der Waals surface area (Å²) in [5.41, 5.74) is 0.623. The number of fused-ring (bicyclic) bond motifs is 3. The molecule has 204 valence electrons. The first-order valence-electron chi connectivity index (χ1n) is 12.2. The number of carbonyl (C=O) groups excluding carboxylic acids is 3. The molecule has 3 aliphatic rings. The zero-order chi connectivity index (χ0) is 27.7. The van der Waals surface area contributed by atoms with Crippen molar-refractivity contribution in [3.63, 3.8) is 0 Å². The quantitative estimate of drug-likeness (QED) is 0.492. The van der Waals surface area contributed by atoms with Crippen molar-refractivity contribution in [2.45, 2.75) is 24.4 Å². The number of nitrogens with zero attached hydrogens (tertiary/aromatic N) is 5. The van der Waals surface area contributed by atoms with Gasteiger partial charge in [0.05, 0.1) is 33.8 Å². The van der Waals surface area contributed by atoms with Gasteiger partial charge in [0.25, 0.3) is 5.91 Å². The number of benzene rings is 1. The van der Waals surface area contributed by atoms with E-state index in [2.05, 4.69) is 15.2 Å². The third-order valence-corrected chi connectivity index (χ3v) is 8.28. The lowest BCUT2D eigenvalue weighted by atomic mass is 9.73. The Labute approximate surface area is 223 Å². The Kier molecular flexibility index (Phi) is 5.83. The van der Waals surface area contributed by atoms with Crippen LogP contribution >= 0.6 is 11.6 Å². The number of halogens is 5. The van der Waals surface area contributed by atoms with Gasteiger partial charge in [-0.25, -0.2) is 9.37 Å². The van der Waals surface area contributed by atoms with Crippen molar-refractivity contribution in [1.29, 1.82) is 0 Å². The third kappa shape index (κ3) is 4.01. The average molecular weight is 565 g/mol. The van der Waals surface area contributed by atoms with Crippen LogP contribution < -0.4 is 4.90 Å². The van der Waals surface area contributed by atoms with Crippen LogP contribution in [0, 0.1) is 11.7 Å². The maximum absolute atomic E-state index is 14.6. The number of likely N-dealkylation sites (tertiary alicyclic amines) is 2. The molecule has 14 heteroatoms. The topological polar surface area (TPSA) is 102 Å². The smallest absolute Gasteiger partial charge is 0.340 e. The predicted molar refractivity (Wildman–Crippen MR) is 131 cm³/mol. The molecule has 3 aliphatic heterocycles. The third-order valence-electron chi connectivity index (χ3n) is 7.91. The van der Waals surface area contributed by atoms with Crippen LogP contribution in [0.25, 0.3) is 11.0 Å². The molecular weight excluding hydrogens is 544 g/mol. The van der Waals surface area contributed by atoms with Gasteiger partial charge < -0.3 is 14.7 Å². The number of nitrogens with one attached hydrogen (secondary N) is 1. The van der Waals surface area contributed by atoms with E-state index in [0.717, 1.165) is 11.0 Å². The molecule has 2 fully saturated rings. The minimum atomic E-state index is -4.40. The Morgan fingerprint density at radius 2 is 1.82 bits per heavy atom. The molecular formula is C25H21ClF4N6O3. The molecule has 0 atom stereocenters. The first-order chi connectivity index (χ1) is 18.5. The number of hydrogen-bond acceptors (Lipinski definition) is 5. The van der Waals surface area contributed by atoms with Crippen LogP contribution in [0.1, 0.15) is 28.9 Å². The number of alkyl halides is 3. The van der Waals surface area contributed by atoms with Crippen LogP contribution in [0.4, 0.5) is 23.2 Å². The van der Waals surface area contributed by atoms with Crippen molar-refractivity contribution in [2.75, 3.05) is 37.6 Å². The fourth-order valence-corrected chi connectivity index (χ4v) is 5.98. The molecule has 3 amide bonds. The highest BCUT2D eigenvalue weighted by Crippen LogP contribution is 2.51. The summed E-state index contributed by atoms with van der Waals surface area (Å²) in [6.45, 7) is -1.14. The number of amides is 3. The molecule has 9 nitrogen and oxygen atoms in total. The number of H-pyrrole nitrogens is 1. The minimum absolute atomic E-state index is 0.117. The number of piperidine rings is 1. The molecule has 1 spiro atoms. The largest absolute Gasteiger partial charge is 0.395 e. The lowest BCUT2D eigenvalue weighted by Crippen LogP contribution is -2.58. The first-order valence-corrected chi connectivity index (χ1v) is 12.6. The van der Waals surface area contributed by atoms with Crippen LogP contribution in [0.5, 0.6) is 0 Å². The number of pyridine rings is 1. The molecule has 1 aromatic carbocycles. The van der Waals surface area contributed by atoms with Crippen LogP contribution in [0.15, 0.2) is 30.5 Å². The van der Waals surface area contributed by atoms with Gasteiger partial charge in [0, 0.05) is 31.7 Å². The maximum Gasteiger partial charge on any atom is 0.395 e. The van der Waals surface area contributed by atoms with Crippen LogP contribution in [-0.2, 0) is 15.0 Å². The summed E-state index contributed by atoms with van der Waals surface area (Å²) in [7, 11) is 0. The van der Waals surface area contributed by atoms with Crippen molar-refractivity contribution >= 4 is 46.0 Å². The lowest BCUT2D eigenvalue weighted by molar-refractivity contribution is -0.209. The summed E-state index contributed by atoms with van der Waals surface area (Å²) in [4.78, 5) is 47.9. The van der Waals surface area contributed by atoms with Crippen molar-refractivity contribution in [3.05, 3.63) is 52.6 Å². The highest BCUT2D eigenvalue weighted by atomic mass is 35.5. The SMILES string of the molecule is O=C(CN1C(=O)C2(CCN(C(=O)c3ccc4[nH]ncc4n3)CC2)c2c1ccc(F)c2Cl)N1CC(C(F)(F)F)C1. The zero-order valence-electron chi connectivity index (χ0n) is 20.3. The summed E-state index contributed by atoms with van der Waals surface area (Å²) in [6, 6.07) is 5.70. The number of aromatic nitrogens is 3. The summed E-state index contributed by atoms with van der Waals surface area (Å²) in [6.07, 6.45) is -2.66. The molecule has 2 aromatic heterocycles. The normalized spacial score (nSPS) is 19.1. The Morgan fingerprint density at radius 1 is 1.10 bits per heavy atom. The van der Waals surface area contributed by atoms with E-state index in [0.29, 0.717) is 11.0 Å². The highest BCUT2D eigenvalue weighted by molar-refractivity contribution is 6.33. The van der Waals surface area contributed by atoms with Crippen LogP contribution in [0.2, 0.25) is 5.02 Å². The molecule has 0 aliphatic carbocycles. The van der Waals surface area contributed by atoms with E-state index in [9.17, 15) is 31.9 Å². The van der Waals surface area contributed by atoms with E-state index >= 15 is 0 Å². The molecule has 0 bridgehead atoms. The fraction of sp³-hybridized carbons (Fsp3) is 0.400. The summed E-state index contributed by atoms with van der Waals surface area (Å²) in [5.74, 6) is -3.80.